The molecule has 0 fully saturated rings. The first-order valence-electron chi connectivity index (χ1n) is 12.7. The van der Waals surface area contributed by atoms with E-state index in [4.69, 9.17) is 24.2 Å². The summed E-state index contributed by atoms with van der Waals surface area (Å²) in [6.07, 6.45) is 0.718. The number of fused-ring (bicyclic) bond motifs is 3. The van der Waals surface area contributed by atoms with Crippen LogP contribution in [0.15, 0.2) is 66.7 Å². The number of benzene rings is 3. The number of carbonyl (C=O) groups excluding carboxylic acids is 1. The summed E-state index contributed by atoms with van der Waals surface area (Å²) < 4.78 is 19.9. The van der Waals surface area contributed by atoms with Crippen molar-refractivity contribution in [3.8, 4) is 5.69 Å². The van der Waals surface area contributed by atoms with E-state index in [1.807, 2.05) is 82.4 Å². The predicted molar refractivity (Wildman–Crippen MR) is 155 cm³/mol. The van der Waals surface area contributed by atoms with E-state index < -0.39 is 10.9 Å². The van der Waals surface area contributed by atoms with E-state index in [2.05, 4.69) is 16.7 Å². The zero-order valence-electron chi connectivity index (χ0n) is 21.9. The van der Waals surface area contributed by atoms with Crippen LogP contribution in [0, 0.1) is 0 Å². The minimum Gasteiger partial charge on any atom is -0.342 e. The lowest BCUT2D eigenvalue weighted by atomic mass is 10.1. The van der Waals surface area contributed by atoms with Crippen molar-refractivity contribution in [3.63, 3.8) is 0 Å². The normalized spacial score (nSPS) is 12.4. The SMILES string of the molecule is CCOS(CCCN(C)C(=O)c1ccc2c(c1)c1ccccc1n2-c1ccc(Cl)cc1)(OCC)OCC. The Morgan fingerprint density at radius 1 is 0.865 bits per heavy atom. The molecule has 0 atom stereocenters. The highest BCUT2D eigenvalue weighted by Gasteiger charge is 2.26. The second-order valence-electron chi connectivity index (χ2n) is 8.62. The monoisotopic (exact) mass is 542 g/mol. The molecule has 0 aliphatic rings. The van der Waals surface area contributed by atoms with Gasteiger partial charge in [-0.15, -0.1) is 0 Å². The molecule has 1 amide bonds. The van der Waals surface area contributed by atoms with E-state index in [1.165, 1.54) is 0 Å². The summed E-state index contributed by atoms with van der Waals surface area (Å²) in [5.74, 6) is 0.600. The number of hydrogen-bond acceptors (Lipinski definition) is 4. The van der Waals surface area contributed by atoms with Crippen LogP contribution >= 0.6 is 22.5 Å². The van der Waals surface area contributed by atoms with Crippen LogP contribution in [0.1, 0.15) is 37.6 Å². The molecule has 0 spiro atoms. The summed E-state index contributed by atoms with van der Waals surface area (Å²) in [4.78, 5) is 15.1. The number of rotatable bonds is 12. The zero-order valence-corrected chi connectivity index (χ0v) is 23.5. The Hall–Kier alpha value is -2.55. The third-order valence-electron chi connectivity index (χ3n) is 6.13. The maximum absolute atomic E-state index is 13.4. The second-order valence-corrected chi connectivity index (χ2v) is 11.3. The van der Waals surface area contributed by atoms with Gasteiger partial charge in [0.25, 0.3) is 5.91 Å². The molecule has 0 unspecified atom stereocenters. The minimum absolute atomic E-state index is 0.0185. The summed E-state index contributed by atoms with van der Waals surface area (Å²) in [7, 11) is -0.225. The van der Waals surface area contributed by atoms with Gasteiger partial charge < -0.3 is 9.47 Å². The Morgan fingerprint density at radius 3 is 2.14 bits per heavy atom. The van der Waals surface area contributed by atoms with Gasteiger partial charge in [0.2, 0.25) is 0 Å². The maximum Gasteiger partial charge on any atom is 0.253 e. The number of hydrogen-bond donors (Lipinski definition) is 0. The average molecular weight is 543 g/mol. The summed E-state index contributed by atoms with van der Waals surface area (Å²) in [6, 6.07) is 22.0. The quantitative estimate of drug-likeness (QED) is 0.185. The molecule has 0 aliphatic heterocycles. The van der Waals surface area contributed by atoms with Crippen molar-refractivity contribution in [2.45, 2.75) is 27.2 Å². The Bertz CT molecular complexity index is 1340. The molecule has 0 saturated heterocycles. The summed E-state index contributed by atoms with van der Waals surface area (Å²) in [5.41, 5.74) is 3.81. The summed E-state index contributed by atoms with van der Waals surface area (Å²) >= 11 is 6.13. The van der Waals surface area contributed by atoms with Crippen molar-refractivity contribution in [1.29, 1.82) is 0 Å². The predicted octanol–water partition coefficient (Wildman–Crippen LogP) is 7.56. The highest BCUT2D eigenvalue weighted by atomic mass is 35.5. The Labute approximate surface area is 226 Å². The highest BCUT2D eigenvalue weighted by Crippen LogP contribution is 2.51. The molecule has 0 radical (unpaired) electrons. The molecule has 0 bridgehead atoms. The van der Waals surface area contributed by atoms with Gasteiger partial charge in [-0.05, 0) is 75.7 Å². The Kier molecular flexibility index (Phi) is 9.16. The van der Waals surface area contributed by atoms with Gasteiger partial charge in [-0.2, -0.15) is 0 Å². The fraction of sp³-hybridized carbons (Fsp3) is 0.345. The van der Waals surface area contributed by atoms with Crippen molar-refractivity contribution in [1.82, 2.24) is 9.47 Å². The third kappa shape index (κ3) is 5.97. The van der Waals surface area contributed by atoms with E-state index in [9.17, 15) is 4.79 Å². The Balaban J connectivity index is 1.57. The van der Waals surface area contributed by atoms with Crippen LogP contribution in [0.4, 0.5) is 0 Å². The smallest absolute Gasteiger partial charge is 0.253 e. The van der Waals surface area contributed by atoms with Crippen molar-refractivity contribution in [2.24, 2.45) is 0 Å². The van der Waals surface area contributed by atoms with Crippen LogP contribution in [0.3, 0.4) is 0 Å². The van der Waals surface area contributed by atoms with Crippen LogP contribution in [0.5, 0.6) is 0 Å². The fourth-order valence-corrected chi connectivity index (χ4v) is 6.84. The van der Waals surface area contributed by atoms with Crippen molar-refractivity contribution in [2.75, 3.05) is 39.2 Å². The molecule has 1 aromatic heterocycles. The lowest BCUT2D eigenvalue weighted by Gasteiger charge is -2.37. The van der Waals surface area contributed by atoms with Gasteiger partial charge in [-0.25, -0.2) is 0 Å². The molecule has 3 aromatic carbocycles. The van der Waals surface area contributed by atoms with Gasteiger partial charge in [0.1, 0.15) is 0 Å². The van der Waals surface area contributed by atoms with Crippen LogP contribution in [0.25, 0.3) is 27.5 Å². The molecule has 6 nitrogen and oxygen atoms in total. The second kappa shape index (κ2) is 12.3. The average Bonchev–Trinajstić information content (AvgIpc) is 3.23. The van der Waals surface area contributed by atoms with E-state index in [0.717, 1.165) is 33.9 Å². The van der Waals surface area contributed by atoms with E-state index >= 15 is 0 Å². The van der Waals surface area contributed by atoms with E-state index in [-0.39, 0.29) is 5.91 Å². The first kappa shape index (κ1) is 27.5. The number of aromatic nitrogens is 1. The van der Waals surface area contributed by atoms with E-state index in [0.29, 0.717) is 42.7 Å². The van der Waals surface area contributed by atoms with Gasteiger partial charge >= 0.3 is 0 Å². The number of halogens is 1. The molecule has 37 heavy (non-hydrogen) atoms. The molecule has 8 heteroatoms. The topological polar surface area (TPSA) is 52.9 Å². The number of nitrogens with zero attached hydrogens (tertiary/aromatic N) is 2. The van der Waals surface area contributed by atoms with Gasteiger partial charge in [-0.3, -0.25) is 17.3 Å². The molecular weight excluding hydrogens is 508 g/mol. The first-order valence-corrected chi connectivity index (χ1v) is 14.7. The first-order chi connectivity index (χ1) is 17.9. The highest BCUT2D eigenvalue weighted by molar-refractivity contribution is 8.21. The number of amides is 1. The van der Waals surface area contributed by atoms with Crippen LogP contribution < -0.4 is 0 Å². The molecule has 0 N–H and O–H groups in total. The molecule has 198 valence electrons. The van der Waals surface area contributed by atoms with Gasteiger partial charge in [0.15, 0.2) is 0 Å². The third-order valence-corrected chi connectivity index (χ3v) is 8.96. The largest absolute Gasteiger partial charge is 0.342 e. The van der Waals surface area contributed by atoms with Gasteiger partial charge in [0.05, 0.1) is 41.7 Å². The summed E-state index contributed by atoms with van der Waals surface area (Å²) in [5, 5.41) is 2.84. The van der Waals surface area contributed by atoms with Crippen LogP contribution in [-0.2, 0) is 12.5 Å². The number of carbonyl (C=O) groups is 1. The molecular formula is C29H35ClN2O4S. The van der Waals surface area contributed by atoms with Crippen molar-refractivity contribution < 1.29 is 17.3 Å². The zero-order chi connectivity index (χ0) is 26.4. The standard InChI is InChI=1S/C29H35ClN2O4S/c1-5-34-37(35-6-2,36-7-3)20-10-19-31(4)29(33)22-13-18-28-26(21-22)25-11-8-9-12-27(25)32(28)24-16-14-23(30)15-17-24/h8-9,11-18,21H,5-7,10,19-20H2,1-4H3. The molecule has 1 heterocycles. The van der Waals surface area contributed by atoms with Gasteiger partial charge in [0, 0.05) is 46.4 Å². The van der Waals surface area contributed by atoms with E-state index in [1.54, 1.807) is 4.90 Å². The molecule has 0 saturated carbocycles. The lowest BCUT2D eigenvalue weighted by Crippen LogP contribution is -2.29. The lowest BCUT2D eigenvalue weighted by molar-refractivity contribution is 0.0794. The fourth-order valence-electron chi connectivity index (χ4n) is 4.59. The Morgan fingerprint density at radius 2 is 1.49 bits per heavy atom. The molecule has 4 aromatic rings. The maximum atomic E-state index is 13.4. The van der Waals surface area contributed by atoms with Crippen molar-refractivity contribution in [3.05, 3.63) is 77.3 Å². The van der Waals surface area contributed by atoms with Crippen LogP contribution in [-0.4, -0.2) is 54.5 Å². The van der Waals surface area contributed by atoms with Crippen molar-refractivity contribution >= 4 is 50.2 Å². The van der Waals surface area contributed by atoms with Crippen LogP contribution in [0.2, 0.25) is 5.02 Å². The number of para-hydroxylation sites is 1. The molecule has 0 aliphatic carbocycles. The minimum atomic E-state index is -2.06. The van der Waals surface area contributed by atoms with Gasteiger partial charge in [-0.1, -0.05) is 29.8 Å². The summed E-state index contributed by atoms with van der Waals surface area (Å²) in [6.45, 7) is 7.96. The molecule has 4 rings (SSSR count).